The van der Waals surface area contributed by atoms with Crippen molar-refractivity contribution in [1.29, 1.82) is 0 Å². The van der Waals surface area contributed by atoms with Crippen molar-refractivity contribution in [3.05, 3.63) is 29.8 Å². The van der Waals surface area contributed by atoms with Gasteiger partial charge in [0.05, 0.1) is 11.8 Å². The minimum absolute atomic E-state index is 0.0589. The number of nitrogens with one attached hydrogen (secondary N) is 2. The van der Waals surface area contributed by atoms with Gasteiger partial charge in [-0.15, -0.1) is 0 Å². The molecular formula is C17H21F3N2O. The molecule has 0 spiro atoms. The molecule has 1 saturated carbocycles. The Morgan fingerprint density at radius 1 is 1.35 bits per heavy atom. The first-order chi connectivity index (χ1) is 10.9. The first-order valence-electron chi connectivity index (χ1n) is 8.07. The van der Waals surface area contributed by atoms with Crippen molar-refractivity contribution >= 4 is 11.6 Å². The third kappa shape index (κ3) is 3.52. The Morgan fingerprint density at radius 3 is 2.96 bits per heavy atom. The Morgan fingerprint density at radius 2 is 2.17 bits per heavy atom. The van der Waals surface area contributed by atoms with Crippen LogP contribution in [0.5, 0.6) is 0 Å². The number of fused-ring (bicyclic) bond motifs is 1. The van der Waals surface area contributed by atoms with Crippen LogP contribution in [0, 0.1) is 11.3 Å². The van der Waals surface area contributed by atoms with E-state index in [0.717, 1.165) is 32.2 Å². The van der Waals surface area contributed by atoms with Crippen molar-refractivity contribution in [2.75, 3.05) is 18.4 Å². The van der Waals surface area contributed by atoms with Crippen molar-refractivity contribution in [3.8, 4) is 0 Å². The van der Waals surface area contributed by atoms with Crippen LogP contribution in [-0.4, -0.2) is 25.2 Å². The average molecular weight is 326 g/mol. The van der Waals surface area contributed by atoms with Gasteiger partial charge in [-0.25, -0.2) is 0 Å². The average Bonchev–Trinajstić information content (AvgIpc) is 2.91. The fraction of sp³-hybridized carbons (Fsp3) is 0.588. The lowest BCUT2D eigenvalue weighted by atomic mass is 9.67. The SMILES string of the molecule is O=C(Nc1cccc(CC(F)(F)F)c1)[C@@]12CCCC[C@H]1CNC2. The van der Waals surface area contributed by atoms with Crippen molar-refractivity contribution in [1.82, 2.24) is 5.32 Å². The first-order valence-corrected chi connectivity index (χ1v) is 8.07. The van der Waals surface area contributed by atoms with Gasteiger partial charge in [0.2, 0.25) is 5.91 Å². The summed E-state index contributed by atoms with van der Waals surface area (Å²) in [7, 11) is 0. The van der Waals surface area contributed by atoms with E-state index in [1.807, 2.05) is 0 Å². The molecule has 1 aromatic rings. The largest absolute Gasteiger partial charge is 0.393 e. The number of alkyl halides is 3. The van der Waals surface area contributed by atoms with Crippen LogP contribution >= 0.6 is 0 Å². The highest BCUT2D eigenvalue weighted by molar-refractivity contribution is 5.96. The van der Waals surface area contributed by atoms with Gasteiger partial charge in [0.1, 0.15) is 0 Å². The topological polar surface area (TPSA) is 41.1 Å². The van der Waals surface area contributed by atoms with Crippen molar-refractivity contribution in [2.24, 2.45) is 11.3 Å². The molecule has 2 N–H and O–H groups in total. The molecule has 126 valence electrons. The number of carbonyl (C=O) groups is 1. The molecule has 1 heterocycles. The summed E-state index contributed by atoms with van der Waals surface area (Å²) >= 11 is 0. The maximum Gasteiger partial charge on any atom is 0.393 e. The van der Waals surface area contributed by atoms with Crippen LogP contribution in [-0.2, 0) is 11.2 Å². The number of hydrogen-bond donors (Lipinski definition) is 2. The van der Waals surface area contributed by atoms with E-state index < -0.39 is 18.0 Å². The summed E-state index contributed by atoms with van der Waals surface area (Å²) in [6, 6.07) is 6.05. The molecule has 1 aliphatic heterocycles. The lowest BCUT2D eigenvalue weighted by Gasteiger charge is -2.37. The smallest absolute Gasteiger partial charge is 0.326 e. The summed E-state index contributed by atoms with van der Waals surface area (Å²) in [5.41, 5.74) is 0.207. The van der Waals surface area contributed by atoms with E-state index in [1.54, 1.807) is 12.1 Å². The minimum atomic E-state index is -4.24. The van der Waals surface area contributed by atoms with E-state index in [4.69, 9.17) is 0 Å². The summed E-state index contributed by atoms with van der Waals surface area (Å²) in [6.07, 6.45) is -1.17. The number of anilines is 1. The highest BCUT2D eigenvalue weighted by Gasteiger charge is 2.49. The predicted molar refractivity (Wildman–Crippen MR) is 82.1 cm³/mol. The Hall–Kier alpha value is -1.56. The highest BCUT2D eigenvalue weighted by atomic mass is 19.4. The summed E-state index contributed by atoms with van der Waals surface area (Å²) in [5.74, 6) is 0.269. The molecule has 2 fully saturated rings. The molecule has 6 heteroatoms. The van der Waals surface area contributed by atoms with E-state index in [1.165, 1.54) is 12.1 Å². The fourth-order valence-corrected chi connectivity index (χ4v) is 3.94. The zero-order chi connectivity index (χ0) is 16.5. The normalized spacial score (nSPS) is 27.5. The molecular weight excluding hydrogens is 305 g/mol. The maximum atomic E-state index is 12.8. The third-order valence-electron chi connectivity index (χ3n) is 5.08. The van der Waals surface area contributed by atoms with Gasteiger partial charge in [0.15, 0.2) is 0 Å². The molecule has 2 atom stereocenters. The van der Waals surface area contributed by atoms with Gasteiger partial charge in [-0.05, 0) is 43.0 Å². The molecule has 3 nitrogen and oxygen atoms in total. The third-order valence-corrected chi connectivity index (χ3v) is 5.08. The predicted octanol–water partition coefficient (Wildman–Crippen LogP) is 3.51. The molecule has 1 amide bonds. The van der Waals surface area contributed by atoms with Gasteiger partial charge in [-0.3, -0.25) is 4.79 Å². The highest BCUT2D eigenvalue weighted by Crippen LogP contribution is 2.44. The molecule has 1 aliphatic carbocycles. The van der Waals surface area contributed by atoms with Crippen LogP contribution in [0.15, 0.2) is 24.3 Å². The number of halogens is 3. The Balaban J connectivity index is 1.74. The van der Waals surface area contributed by atoms with Crippen LogP contribution in [0.25, 0.3) is 0 Å². The van der Waals surface area contributed by atoms with Gasteiger partial charge in [0, 0.05) is 12.2 Å². The molecule has 3 rings (SSSR count). The summed E-state index contributed by atoms with van der Waals surface area (Å²) in [5, 5.41) is 6.16. The molecule has 1 aromatic carbocycles. The standard InChI is InChI=1S/C17H21F3N2O/c18-17(19,20)9-12-4-3-6-14(8-12)22-15(23)16-7-2-1-5-13(16)10-21-11-16/h3-4,6,8,13,21H,1-2,5,7,9-11H2,(H,22,23)/t13-,16+/m0/s1. The van der Waals surface area contributed by atoms with E-state index >= 15 is 0 Å². The summed E-state index contributed by atoms with van der Waals surface area (Å²) in [6.45, 7) is 1.51. The van der Waals surface area contributed by atoms with Crippen molar-refractivity contribution < 1.29 is 18.0 Å². The minimum Gasteiger partial charge on any atom is -0.326 e. The Labute approximate surface area is 133 Å². The Kier molecular flexibility index (Phi) is 4.36. The van der Waals surface area contributed by atoms with Gasteiger partial charge in [0.25, 0.3) is 0 Å². The van der Waals surface area contributed by atoms with Gasteiger partial charge < -0.3 is 10.6 Å². The van der Waals surface area contributed by atoms with Gasteiger partial charge >= 0.3 is 6.18 Å². The first kappa shape index (κ1) is 16.3. The van der Waals surface area contributed by atoms with Crippen LogP contribution in [0.1, 0.15) is 31.2 Å². The summed E-state index contributed by atoms with van der Waals surface area (Å²) < 4.78 is 37.5. The van der Waals surface area contributed by atoms with E-state index in [0.29, 0.717) is 18.2 Å². The van der Waals surface area contributed by atoms with E-state index in [-0.39, 0.29) is 11.5 Å². The number of rotatable bonds is 3. The monoisotopic (exact) mass is 326 g/mol. The zero-order valence-corrected chi connectivity index (χ0v) is 12.9. The van der Waals surface area contributed by atoms with Crippen LogP contribution in [0.2, 0.25) is 0 Å². The molecule has 1 saturated heterocycles. The molecule has 23 heavy (non-hydrogen) atoms. The molecule has 0 aromatic heterocycles. The van der Waals surface area contributed by atoms with Crippen molar-refractivity contribution in [3.63, 3.8) is 0 Å². The molecule has 0 radical (unpaired) electrons. The second-order valence-electron chi connectivity index (χ2n) is 6.68. The van der Waals surface area contributed by atoms with Crippen LogP contribution < -0.4 is 10.6 Å². The van der Waals surface area contributed by atoms with Crippen molar-refractivity contribution in [2.45, 2.75) is 38.3 Å². The quantitative estimate of drug-likeness (QED) is 0.892. The lowest BCUT2D eigenvalue weighted by molar-refractivity contribution is -0.128. The second kappa shape index (κ2) is 6.15. The van der Waals surface area contributed by atoms with Crippen LogP contribution in [0.4, 0.5) is 18.9 Å². The lowest BCUT2D eigenvalue weighted by Crippen LogP contribution is -2.44. The fourth-order valence-electron chi connectivity index (χ4n) is 3.94. The molecule has 0 bridgehead atoms. The summed E-state index contributed by atoms with van der Waals surface area (Å²) in [4.78, 5) is 12.8. The second-order valence-corrected chi connectivity index (χ2v) is 6.68. The van der Waals surface area contributed by atoms with E-state index in [2.05, 4.69) is 10.6 Å². The Bertz CT molecular complexity index is 587. The molecule has 2 aliphatic rings. The number of benzene rings is 1. The number of carbonyl (C=O) groups excluding carboxylic acids is 1. The number of amides is 1. The number of hydrogen-bond acceptors (Lipinski definition) is 2. The van der Waals surface area contributed by atoms with Gasteiger partial charge in [-0.2, -0.15) is 13.2 Å². The molecule has 0 unspecified atom stereocenters. The van der Waals surface area contributed by atoms with Gasteiger partial charge in [-0.1, -0.05) is 25.0 Å². The van der Waals surface area contributed by atoms with Crippen LogP contribution in [0.3, 0.4) is 0 Å². The maximum absolute atomic E-state index is 12.8. The van der Waals surface area contributed by atoms with E-state index in [9.17, 15) is 18.0 Å². The zero-order valence-electron chi connectivity index (χ0n) is 12.9.